The number of hydrogen-bond donors (Lipinski definition) is 3. The lowest BCUT2D eigenvalue weighted by atomic mass is 9.88. The van der Waals surface area contributed by atoms with E-state index in [1.54, 1.807) is 6.07 Å². The summed E-state index contributed by atoms with van der Waals surface area (Å²) in [5.41, 5.74) is -1.06. The highest BCUT2D eigenvalue weighted by molar-refractivity contribution is 6.29. The summed E-state index contributed by atoms with van der Waals surface area (Å²) >= 11 is 5.84. The van der Waals surface area contributed by atoms with Gasteiger partial charge in [0, 0.05) is 24.7 Å². The van der Waals surface area contributed by atoms with Gasteiger partial charge < -0.3 is 10.6 Å². The van der Waals surface area contributed by atoms with Crippen molar-refractivity contribution in [3.63, 3.8) is 0 Å². The summed E-state index contributed by atoms with van der Waals surface area (Å²) < 4.78 is 44.2. The van der Waals surface area contributed by atoms with Crippen LogP contribution in [0.1, 0.15) is 61.1 Å². The van der Waals surface area contributed by atoms with Gasteiger partial charge in [-0.05, 0) is 62.5 Å². The van der Waals surface area contributed by atoms with Crippen molar-refractivity contribution in [3.8, 4) is 0 Å². The van der Waals surface area contributed by atoms with E-state index in [0.29, 0.717) is 12.2 Å². The summed E-state index contributed by atoms with van der Waals surface area (Å²) in [7, 11) is 0. The first-order chi connectivity index (χ1) is 19.2. The molecule has 0 bridgehead atoms. The van der Waals surface area contributed by atoms with E-state index in [1.165, 1.54) is 10.9 Å². The second-order valence-electron chi connectivity index (χ2n) is 10.2. The molecule has 3 aromatic heterocycles. The van der Waals surface area contributed by atoms with Crippen LogP contribution >= 0.6 is 11.6 Å². The van der Waals surface area contributed by atoms with Crippen molar-refractivity contribution >= 4 is 29.1 Å². The SMILES string of the molecule is CCn1nccc1C(=O)NC(C(=O)Nc1cn(C(CC(F)F)c2cc(Cl)n[nH]c2=O)nc1F)C(C1CC1)C1CC1. The van der Waals surface area contributed by atoms with Gasteiger partial charge in [0.25, 0.3) is 17.4 Å². The topological polar surface area (TPSA) is 140 Å². The number of halogens is 4. The van der Waals surface area contributed by atoms with Crippen molar-refractivity contribution in [2.75, 3.05) is 5.32 Å². The molecule has 2 aliphatic rings. The van der Waals surface area contributed by atoms with Crippen LogP contribution in [0.15, 0.2) is 29.3 Å². The van der Waals surface area contributed by atoms with Crippen LogP contribution in [0.5, 0.6) is 0 Å². The molecule has 0 aliphatic heterocycles. The van der Waals surface area contributed by atoms with Crippen LogP contribution < -0.4 is 16.2 Å². The molecule has 0 saturated heterocycles. The minimum atomic E-state index is -2.87. The monoisotopic (exact) mass is 580 g/mol. The zero-order valence-corrected chi connectivity index (χ0v) is 22.2. The average Bonchev–Trinajstić information content (AvgIpc) is 3.85. The van der Waals surface area contributed by atoms with Crippen LogP contribution in [-0.2, 0) is 11.3 Å². The van der Waals surface area contributed by atoms with Gasteiger partial charge in [0.2, 0.25) is 12.3 Å². The maximum atomic E-state index is 15.0. The molecule has 2 saturated carbocycles. The van der Waals surface area contributed by atoms with Crippen molar-refractivity contribution in [2.45, 2.75) is 64.1 Å². The Balaban J connectivity index is 1.42. The summed E-state index contributed by atoms with van der Waals surface area (Å²) in [4.78, 5) is 39.1. The van der Waals surface area contributed by atoms with E-state index in [-0.39, 0.29) is 34.2 Å². The number of nitrogens with zero attached hydrogens (tertiary/aromatic N) is 5. The molecule has 3 aromatic rings. The number of nitrogens with one attached hydrogen (secondary N) is 3. The third kappa shape index (κ3) is 6.06. The van der Waals surface area contributed by atoms with Gasteiger partial charge in [-0.15, -0.1) is 5.10 Å². The zero-order chi connectivity index (χ0) is 28.6. The minimum Gasteiger partial charge on any atom is -0.339 e. The highest BCUT2D eigenvalue weighted by Crippen LogP contribution is 2.51. The second-order valence-corrected chi connectivity index (χ2v) is 10.5. The summed E-state index contributed by atoms with van der Waals surface area (Å²) in [5, 5.41) is 18.6. The number of aryl methyl sites for hydroxylation is 1. The molecular formula is C25H28ClF3N8O3. The number of aromatic amines is 1. The fourth-order valence-electron chi connectivity index (χ4n) is 5.23. The molecule has 2 fully saturated rings. The van der Waals surface area contributed by atoms with Gasteiger partial charge in [-0.2, -0.15) is 14.6 Å². The van der Waals surface area contributed by atoms with Gasteiger partial charge in [-0.1, -0.05) is 11.6 Å². The lowest BCUT2D eigenvalue weighted by Crippen LogP contribution is -2.50. The summed E-state index contributed by atoms with van der Waals surface area (Å²) in [6.07, 6.45) is 2.52. The molecule has 0 radical (unpaired) electrons. The molecule has 0 spiro atoms. The third-order valence-corrected chi connectivity index (χ3v) is 7.55. The molecule has 2 unspecified atom stereocenters. The van der Waals surface area contributed by atoms with Crippen molar-refractivity contribution in [2.24, 2.45) is 17.8 Å². The Kier molecular flexibility index (Phi) is 7.97. The van der Waals surface area contributed by atoms with Gasteiger partial charge in [0.15, 0.2) is 0 Å². The van der Waals surface area contributed by atoms with Crippen LogP contribution in [0.4, 0.5) is 18.9 Å². The molecule has 15 heteroatoms. The molecule has 5 rings (SSSR count). The molecular weight excluding hydrogens is 553 g/mol. The molecule has 2 aliphatic carbocycles. The van der Waals surface area contributed by atoms with Gasteiger partial charge in [0.1, 0.15) is 22.6 Å². The fraction of sp³-hybridized carbons (Fsp3) is 0.520. The van der Waals surface area contributed by atoms with E-state index in [4.69, 9.17) is 11.6 Å². The summed E-state index contributed by atoms with van der Waals surface area (Å²) in [6, 6.07) is 0.305. The summed E-state index contributed by atoms with van der Waals surface area (Å²) in [5.74, 6) is -1.88. The standard InChI is InChI=1S/C25H28ClF3N8O3/c1-2-36-16(7-8-30-36)24(39)32-21(20(12-3-4-12)13-5-6-13)25(40)31-15-11-37(35-22(15)29)17(10-19(27)28)14-9-18(26)33-34-23(14)38/h7-9,11-13,17,19-21H,2-6,10H2,1H3,(H,31,40)(H,32,39)(H,34,38). The third-order valence-electron chi connectivity index (χ3n) is 7.36. The van der Waals surface area contributed by atoms with E-state index in [9.17, 15) is 27.6 Å². The predicted molar refractivity (Wildman–Crippen MR) is 138 cm³/mol. The van der Waals surface area contributed by atoms with E-state index in [0.717, 1.165) is 42.6 Å². The van der Waals surface area contributed by atoms with Crippen LogP contribution in [0.2, 0.25) is 5.15 Å². The van der Waals surface area contributed by atoms with Gasteiger partial charge in [0.05, 0.1) is 12.2 Å². The van der Waals surface area contributed by atoms with Gasteiger partial charge in [-0.3, -0.25) is 23.7 Å². The Hall–Kier alpha value is -3.68. The maximum absolute atomic E-state index is 15.0. The number of carbonyl (C=O) groups excluding carboxylic acids is 2. The number of alkyl halides is 2. The van der Waals surface area contributed by atoms with Crippen molar-refractivity contribution in [1.29, 1.82) is 0 Å². The lowest BCUT2D eigenvalue weighted by Gasteiger charge is -2.27. The largest absolute Gasteiger partial charge is 0.339 e. The molecule has 11 nitrogen and oxygen atoms in total. The highest BCUT2D eigenvalue weighted by Gasteiger charge is 2.48. The molecule has 0 aromatic carbocycles. The van der Waals surface area contributed by atoms with Crippen molar-refractivity contribution in [1.82, 2.24) is 35.1 Å². The number of anilines is 1. The van der Waals surface area contributed by atoms with Crippen molar-refractivity contribution in [3.05, 3.63) is 57.2 Å². The normalized spacial score (nSPS) is 16.8. The Labute approximate surface area is 231 Å². The number of rotatable bonds is 12. The van der Waals surface area contributed by atoms with E-state index in [1.807, 2.05) is 6.92 Å². The highest BCUT2D eigenvalue weighted by atomic mass is 35.5. The van der Waals surface area contributed by atoms with Crippen molar-refractivity contribution < 1.29 is 22.8 Å². The Bertz CT molecular complexity index is 1440. The number of H-pyrrole nitrogens is 1. The Morgan fingerprint density at radius 2 is 1.93 bits per heavy atom. The smallest absolute Gasteiger partial charge is 0.270 e. The molecule has 3 heterocycles. The summed E-state index contributed by atoms with van der Waals surface area (Å²) in [6.45, 7) is 2.29. The van der Waals surface area contributed by atoms with Gasteiger partial charge in [-0.25, -0.2) is 13.9 Å². The second kappa shape index (κ2) is 11.4. The van der Waals surface area contributed by atoms with Crippen LogP contribution in [0.25, 0.3) is 0 Å². The molecule has 214 valence electrons. The van der Waals surface area contributed by atoms with E-state index in [2.05, 4.69) is 31.0 Å². The molecule has 2 amide bonds. The average molecular weight is 581 g/mol. The molecule has 40 heavy (non-hydrogen) atoms. The Morgan fingerprint density at radius 3 is 2.55 bits per heavy atom. The molecule has 2 atom stereocenters. The lowest BCUT2D eigenvalue weighted by molar-refractivity contribution is -0.119. The first-order valence-corrected chi connectivity index (χ1v) is 13.5. The Morgan fingerprint density at radius 1 is 1.23 bits per heavy atom. The first kappa shape index (κ1) is 27.9. The van der Waals surface area contributed by atoms with Gasteiger partial charge >= 0.3 is 0 Å². The number of carbonyl (C=O) groups is 2. The first-order valence-electron chi connectivity index (χ1n) is 13.1. The quantitative estimate of drug-likeness (QED) is 0.300. The minimum absolute atomic E-state index is 0.135. The van der Waals surface area contributed by atoms with E-state index >= 15 is 0 Å². The maximum Gasteiger partial charge on any atom is 0.270 e. The number of hydrogen-bond acceptors (Lipinski definition) is 6. The van der Waals surface area contributed by atoms with Crippen LogP contribution in [0, 0.1) is 23.7 Å². The number of aromatic nitrogens is 6. The van der Waals surface area contributed by atoms with E-state index < -0.39 is 48.3 Å². The predicted octanol–water partition coefficient (Wildman–Crippen LogP) is 3.39. The number of amides is 2. The van der Waals surface area contributed by atoms with Crippen LogP contribution in [-0.4, -0.2) is 54.0 Å². The van der Waals surface area contributed by atoms with Crippen LogP contribution in [0.3, 0.4) is 0 Å². The fourth-order valence-corrected chi connectivity index (χ4v) is 5.39. The zero-order valence-electron chi connectivity index (χ0n) is 21.5. The molecule has 3 N–H and O–H groups in total.